The van der Waals surface area contributed by atoms with Gasteiger partial charge >= 0.3 is 0 Å². The van der Waals surface area contributed by atoms with Crippen molar-refractivity contribution < 1.29 is 9.90 Å². The topological polar surface area (TPSA) is 85.8 Å². The largest absolute Gasteiger partial charge is 0.507 e. The number of thioether (sulfide) groups is 1. The number of carbonyl (C=O) groups excluding carboxylic acids is 1. The molecule has 0 saturated carbocycles. The number of nitrogens with one attached hydrogen (secondary N) is 3. The van der Waals surface area contributed by atoms with Crippen molar-refractivity contribution in [3.63, 3.8) is 0 Å². The Kier molecular flexibility index (Phi) is 8.90. The van der Waals surface area contributed by atoms with E-state index in [4.69, 9.17) is 0 Å². The van der Waals surface area contributed by atoms with Crippen LogP contribution < -0.4 is 16.0 Å². The third-order valence-electron chi connectivity index (χ3n) is 2.76. The van der Waals surface area contributed by atoms with E-state index in [2.05, 4.69) is 20.9 Å². The molecule has 6 nitrogen and oxygen atoms in total. The smallest absolute Gasteiger partial charge is 0.255 e. The van der Waals surface area contributed by atoms with Crippen LogP contribution in [0.4, 0.5) is 0 Å². The highest BCUT2D eigenvalue weighted by Crippen LogP contribution is 2.14. The predicted octanol–water partition coefficient (Wildman–Crippen LogP) is 1.04. The molecule has 0 aliphatic rings. The Hall–Kier alpha value is -1.89. The van der Waals surface area contributed by atoms with Crippen LogP contribution >= 0.6 is 11.8 Å². The van der Waals surface area contributed by atoms with Crippen molar-refractivity contribution in [3.05, 3.63) is 29.8 Å². The van der Waals surface area contributed by atoms with E-state index in [0.717, 1.165) is 24.8 Å². The number of hydrogen-bond acceptors (Lipinski definition) is 4. The van der Waals surface area contributed by atoms with Crippen molar-refractivity contribution in [2.45, 2.75) is 6.92 Å². The molecule has 22 heavy (non-hydrogen) atoms. The van der Waals surface area contributed by atoms with Crippen molar-refractivity contribution in [1.29, 1.82) is 0 Å². The lowest BCUT2D eigenvalue weighted by molar-refractivity contribution is 0.0951. The Morgan fingerprint density at radius 2 is 1.95 bits per heavy atom. The minimum absolute atomic E-state index is 0.0140. The van der Waals surface area contributed by atoms with E-state index in [-0.39, 0.29) is 17.2 Å². The summed E-state index contributed by atoms with van der Waals surface area (Å²) in [7, 11) is 0. The van der Waals surface area contributed by atoms with Crippen LogP contribution in [0, 0.1) is 0 Å². The molecule has 0 aliphatic heterocycles. The van der Waals surface area contributed by atoms with Gasteiger partial charge in [0.1, 0.15) is 5.75 Å². The quantitative estimate of drug-likeness (QED) is 0.326. The molecule has 0 unspecified atom stereocenters. The zero-order valence-electron chi connectivity index (χ0n) is 13.1. The van der Waals surface area contributed by atoms with E-state index in [1.54, 1.807) is 30.0 Å². The summed E-state index contributed by atoms with van der Waals surface area (Å²) in [5, 5.41) is 18.7. The summed E-state index contributed by atoms with van der Waals surface area (Å²) < 4.78 is 0. The number of amides is 1. The summed E-state index contributed by atoms with van der Waals surface area (Å²) in [6, 6.07) is 6.48. The van der Waals surface area contributed by atoms with Gasteiger partial charge in [0.25, 0.3) is 5.91 Å². The molecule has 1 aromatic carbocycles. The second kappa shape index (κ2) is 10.8. The summed E-state index contributed by atoms with van der Waals surface area (Å²) in [6.07, 6.45) is 2.05. The Labute approximate surface area is 135 Å². The molecular formula is C15H24N4O2S. The maximum Gasteiger partial charge on any atom is 0.255 e. The molecular weight excluding hydrogens is 300 g/mol. The van der Waals surface area contributed by atoms with Crippen LogP contribution in [-0.2, 0) is 0 Å². The van der Waals surface area contributed by atoms with Gasteiger partial charge in [0.15, 0.2) is 5.96 Å². The van der Waals surface area contributed by atoms with E-state index >= 15 is 0 Å². The SMILES string of the molecule is CCNC(=NCCSC)NCCNC(=O)c1ccccc1O. The van der Waals surface area contributed by atoms with Crippen molar-refractivity contribution in [1.82, 2.24) is 16.0 Å². The number of hydrogen-bond donors (Lipinski definition) is 4. The highest BCUT2D eigenvalue weighted by atomic mass is 32.2. The first kappa shape index (κ1) is 18.2. The molecule has 0 aromatic heterocycles. The zero-order chi connectivity index (χ0) is 16.2. The lowest BCUT2D eigenvalue weighted by Gasteiger charge is -2.12. The molecule has 0 fully saturated rings. The molecule has 0 saturated heterocycles. The van der Waals surface area contributed by atoms with Crippen LogP contribution in [0.5, 0.6) is 5.75 Å². The standard InChI is InChI=1S/C15H24N4O2S/c1-3-16-15(19-10-11-22-2)18-9-8-17-14(21)12-6-4-5-7-13(12)20/h4-7,20H,3,8-11H2,1-2H3,(H,17,21)(H2,16,18,19). The number of phenols is 1. The minimum Gasteiger partial charge on any atom is -0.507 e. The highest BCUT2D eigenvalue weighted by Gasteiger charge is 2.08. The van der Waals surface area contributed by atoms with E-state index in [1.165, 1.54) is 6.07 Å². The number of phenolic OH excluding ortho intramolecular Hbond substituents is 1. The number of benzene rings is 1. The van der Waals surface area contributed by atoms with Crippen molar-refractivity contribution in [3.8, 4) is 5.75 Å². The molecule has 0 heterocycles. The van der Waals surface area contributed by atoms with Crippen LogP contribution in [0.15, 0.2) is 29.3 Å². The van der Waals surface area contributed by atoms with Crippen LogP contribution in [0.25, 0.3) is 0 Å². The maximum atomic E-state index is 11.9. The third kappa shape index (κ3) is 6.71. The molecule has 0 radical (unpaired) electrons. The zero-order valence-corrected chi connectivity index (χ0v) is 13.9. The first-order valence-corrected chi connectivity index (χ1v) is 8.65. The second-order valence-corrected chi connectivity index (χ2v) is 5.44. The fourth-order valence-corrected chi connectivity index (χ4v) is 1.98. The Morgan fingerprint density at radius 3 is 2.64 bits per heavy atom. The number of nitrogens with zero attached hydrogens (tertiary/aromatic N) is 1. The number of guanidine groups is 1. The van der Waals surface area contributed by atoms with Gasteiger partial charge in [0, 0.05) is 25.4 Å². The molecule has 4 N–H and O–H groups in total. The fraction of sp³-hybridized carbons (Fsp3) is 0.467. The first-order valence-electron chi connectivity index (χ1n) is 7.26. The van der Waals surface area contributed by atoms with Crippen molar-refractivity contribution in [2.75, 3.05) is 38.2 Å². The lowest BCUT2D eigenvalue weighted by Crippen LogP contribution is -2.41. The number of aliphatic imine (C=N–C) groups is 1. The van der Waals surface area contributed by atoms with Crippen molar-refractivity contribution >= 4 is 23.6 Å². The lowest BCUT2D eigenvalue weighted by atomic mass is 10.2. The summed E-state index contributed by atoms with van der Waals surface area (Å²) in [4.78, 5) is 16.3. The summed E-state index contributed by atoms with van der Waals surface area (Å²) in [5.74, 6) is 1.41. The van der Waals surface area contributed by atoms with Gasteiger partial charge in [-0.3, -0.25) is 9.79 Å². The molecule has 1 amide bonds. The van der Waals surface area contributed by atoms with Crippen LogP contribution in [0.1, 0.15) is 17.3 Å². The second-order valence-electron chi connectivity index (χ2n) is 4.45. The predicted molar refractivity (Wildman–Crippen MR) is 92.8 cm³/mol. The fourth-order valence-electron chi connectivity index (χ4n) is 1.71. The Balaban J connectivity index is 2.35. The maximum absolute atomic E-state index is 11.9. The molecule has 0 aliphatic carbocycles. The van der Waals surface area contributed by atoms with Gasteiger partial charge in [0.05, 0.1) is 12.1 Å². The van der Waals surface area contributed by atoms with Crippen molar-refractivity contribution in [2.24, 2.45) is 4.99 Å². The Morgan fingerprint density at radius 1 is 1.23 bits per heavy atom. The first-order chi connectivity index (χ1) is 10.7. The van der Waals surface area contributed by atoms with E-state index in [9.17, 15) is 9.90 Å². The minimum atomic E-state index is -0.288. The molecule has 1 rings (SSSR count). The number of carbonyl (C=O) groups is 1. The van der Waals surface area contributed by atoms with Gasteiger partial charge in [-0.05, 0) is 25.3 Å². The van der Waals surface area contributed by atoms with Crippen LogP contribution in [0.2, 0.25) is 0 Å². The number of aromatic hydroxyl groups is 1. The molecule has 0 bridgehead atoms. The Bertz CT molecular complexity index is 494. The average Bonchev–Trinajstić information content (AvgIpc) is 2.52. The molecule has 0 atom stereocenters. The molecule has 7 heteroatoms. The van der Waals surface area contributed by atoms with Gasteiger partial charge in [0.2, 0.25) is 0 Å². The molecule has 122 valence electrons. The van der Waals surface area contributed by atoms with Crippen LogP contribution in [0.3, 0.4) is 0 Å². The van der Waals surface area contributed by atoms with Gasteiger partial charge in [-0.1, -0.05) is 12.1 Å². The number of rotatable bonds is 8. The summed E-state index contributed by atoms with van der Waals surface area (Å²) in [6.45, 7) is 4.55. The van der Waals surface area contributed by atoms with Gasteiger partial charge in [-0.2, -0.15) is 11.8 Å². The molecule has 0 spiro atoms. The summed E-state index contributed by atoms with van der Waals surface area (Å²) >= 11 is 1.75. The van der Waals surface area contributed by atoms with E-state index < -0.39 is 0 Å². The monoisotopic (exact) mass is 324 g/mol. The molecule has 1 aromatic rings. The normalized spacial score (nSPS) is 11.1. The van der Waals surface area contributed by atoms with Gasteiger partial charge in [-0.25, -0.2) is 0 Å². The third-order valence-corrected chi connectivity index (χ3v) is 3.35. The summed E-state index contributed by atoms with van der Waals surface area (Å²) in [5.41, 5.74) is 0.281. The highest BCUT2D eigenvalue weighted by molar-refractivity contribution is 7.98. The van der Waals surface area contributed by atoms with E-state index in [0.29, 0.717) is 13.1 Å². The average molecular weight is 324 g/mol. The van der Waals surface area contributed by atoms with Gasteiger partial charge in [-0.15, -0.1) is 0 Å². The van der Waals surface area contributed by atoms with Crippen LogP contribution in [-0.4, -0.2) is 55.2 Å². The number of para-hydroxylation sites is 1. The van der Waals surface area contributed by atoms with E-state index in [1.807, 2.05) is 13.2 Å². The van der Waals surface area contributed by atoms with Gasteiger partial charge < -0.3 is 21.1 Å².